The van der Waals surface area contributed by atoms with E-state index in [-0.39, 0.29) is 17.6 Å². The summed E-state index contributed by atoms with van der Waals surface area (Å²) in [4.78, 5) is 14.7. The zero-order valence-electron chi connectivity index (χ0n) is 16.1. The van der Waals surface area contributed by atoms with Crippen LogP contribution in [0.2, 0.25) is 0 Å². The molecule has 29 heavy (non-hydrogen) atoms. The molecule has 0 bridgehead atoms. The van der Waals surface area contributed by atoms with E-state index >= 15 is 0 Å². The van der Waals surface area contributed by atoms with Crippen LogP contribution in [-0.2, 0) is 6.54 Å². The Labute approximate surface area is 168 Å². The third-order valence-electron chi connectivity index (χ3n) is 5.19. The number of hydrogen-bond donors (Lipinski definition) is 0. The van der Waals surface area contributed by atoms with Crippen LogP contribution < -0.4 is 4.74 Å². The van der Waals surface area contributed by atoms with Crippen molar-refractivity contribution < 1.29 is 13.9 Å². The second-order valence-electron chi connectivity index (χ2n) is 7.18. The smallest absolute Gasteiger partial charge is 0.253 e. The van der Waals surface area contributed by atoms with Crippen LogP contribution in [0.25, 0.3) is 0 Å². The van der Waals surface area contributed by atoms with Gasteiger partial charge < -0.3 is 9.64 Å². The maximum absolute atomic E-state index is 13.1. The van der Waals surface area contributed by atoms with Gasteiger partial charge in [0.05, 0.1) is 12.8 Å². The largest absolute Gasteiger partial charge is 0.494 e. The van der Waals surface area contributed by atoms with Crippen molar-refractivity contribution in [3.63, 3.8) is 0 Å². The van der Waals surface area contributed by atoms with Crippen LogP contribution in [-0.4, -0.2) is 45.5 Å². The van der Waals surface area contributed by atoms with Crippen LogP contribution in [0.3, 0.4) is 0 Å². The molecule has 150 valence electrons. The highest BCUT2D eigenvalue weighted by molar-refractivity contribution is 5.94. The number of aromatic nitrogens is 3. The zero-order valence-corrected chi connectivity index (χ0v) is 16.1. The van der Waals surface area contributed by atoms with E-state index in [2.05, 4.69) is 10.3 Å². The number of hydrogen-bond acceptors (Lipinski definition) is 4. The molecular formula is C22H23FN4O2. The number of likely N-dealkylation sites (tertiary alicyclic amines) is 1. The number of halogens is 1. The van der Waals surface area contributed by atoms with E-state index in [9.17, 15) is 9.18 Å². The van der Waals surface area contributed by atoms with E-state index in [1.807, 2.05) is 35.4 Å². The Morgan fingerprint density at radius 1 is 1.14 bits per heavy atom. The van der Waals surface area contributed by atoms with Crippen LogP contribution in [0.5, 0.6) is 5.75 Å². The highest BCUT2D eigenvalue weighted by Crippen LogP contribution is 2.28. The van der Waals surface area contributed by atoms with Gasteiger partial charge in [-0.2, -0.15) is 0 Å². The lowest BCUT2D eigenvalue weighted by Crippen LogP contribution is -2.28. The van der Waals surface area contributed by atoms with Crippen molar-refractivity contribution in [3.8, 4) is 5.75 Å². The van der Waals surface area contributed by atoms with Gasteiger partial charge in [0.1, 0.15) is 11.6 Å². The van der Waals surface area contributed by atoms with Gasteiger partial charge in [0.2, 0.25) is 0 Å². The van der Waals surface area contributed by atoms with Crippen molar-refractivity contribution in [2.24, 2.45) is 0 Å². The predicted molar refractivity (Wildman–Crippen MR) is 106 cm³/mol. The van der Waals surface area contributed by atoms with E-state index in [4.69, 9.17) is 4.74 Å². The molecule has 1 amide bonds. The van der Waals surface area contributed by atoms with Crippen molar-refractivity contribution >= 4 is 5.91 Å². The summed E-state index contributed by atoms with van der Waals surface area (Å²) < 4.78 is 20.6. The second kappa shape index (κ2) is 8.86. The molecule has 1 aliphatic heterocycles. The maximum atomic E-state index is 13.1. The summed E-state index contributed by atoms with van der Waals surface area (Å²) in [5.74, 6) is 0.783. The molecule has 0 saturated carbocycles. The summed E-state index contributed by atoms with van der Waals surface area (Å²) in [6.07, 6.45) is 5.19. The summed E-state index contributed by atoms with van der Waals surface area (Å²) in [6.45, 7) is 2.69. The molecule has 0 aliphatic carbocycles. The number of nitrogens with zero attached hydrogens (tertiary/aromatic N) is 4. The molecule has 4 rings (SSSR count). The Morgan fingerprint density at radius 2 is 1.93 bits per heavy atom. The van der Waals surface area contributed by atoms with Crippen molar-refractivity contribution in [2.75, 3.05) is 19.7 Å². The SMILES string of the molecule is O=C(c1ccc(OCCCn2ccnn2)cc1)N1CC[C@H](c2ccc(F)cc2)C1. The van der Waals surface area contributed by atoms with Gasteiger partial charge >= 0.3 is 0 Å². The van der Waals surface area contributed by atoms with Gasteiger partial charge in [-0.25, -0.2) is 4.39 Å². The fraction of sp³-hybridized carbons (Fsp3) is 0.318. The molecule has 0 N–H and O–H groups in total. The van der Waals surface area contributed by atoms with Gasteiger partial charge in [-0.15, -0.1) is 5.10 Å². The number of carbonyl (C=O) groups is 1. The minimum absolute atomic E-state index is 0.0207. The first kappa shape index (κ1) is 19.1. The van der Waals surface area contributed by atoms with Gasteiger partial charge in [-0.1, -0.05) is 17.3 Å². The lowest BCUT2D eigenvalue weighted by molar-refractivity contribution is 0.0790. The van der Waals surface area contributed by atoms with Gasteiger partial charge in [0, 0.05) is 43.7 Å². The average molecular weight is 394 g/mol. The first-order valence-electron chi connectivity index (χ1n) is 9.81. The summed E-state index contributed by atoms with van der Waals surface area (Å²) in [5, 5.41) is 7.67. The van der Waals surface area contributed by atoms with Crippen molar-refractivity contribution in [2.45, 2.75) is 25.3 Å². The normalized spacial score (nSPS) is 16.2. The number of rotatable bonds is 7. The molecule has 0 radical (unpaired) electrons. The van der Waals surface area contributed by atoms with Crippen LogP contribution in [0.4, 0.5) is 4.39 Å². The second-order valence-corrected chi connectivity index (χ2v) is 7.18. The molecule has 2 heterocycles. The Balaban J connectivity index is 1.27. The Kier molecular flexibility index (Phi) is 5.84. The lowest BCUT2D eigenvalue weighted by atomic mass is 9.99. The molecule has 1 fully saturated rings. The fourth-order valence-electron chi connectivity index (χ4n) is 3.60. The Morgan fingerprint density at radius 3 is 2.66 bits per heavy atom. The maximum Gasteiger partial charge on any atom is 0.253 e. The van der Waals surface area contributed by atoms with Crippen LogP contribution in [0.1, 0.15) is 34.7 Å². The highest BCUT2D eigenvalue weighted by atomic mass is 19.1. The molecule has 2 aromatic carbocycles. The highest BCUT2D eigenvalue weighted by Gasteiger charge is 2.27. The molecule has 1 atom stereocenters. The monoisotopic (exact) mass is 394 g/mol. The molecule has 1 saturated heterocycles. The third kappa shape index (κ3) is 4.80. The number of carbonyl (C=O) groups excluding carboxylic acids is 1. The summed E-state index contributed by atoms with van der Waals surface area (Å²) in [7, 11) is 0. The minimum atomic E-state index is -0.236. The van der Waals surface area contributed by atoms with Gasteiger partial charge in [0.15, 0.2) is 0 Å². The molecule has 7 heteroatoms. The Bertz CT molecular complexity index is 926. The van der Waals surface area contributed by atoms with Crippen LogP contribution in [0, 0.1) is 5.82 Å². The van der Waals surface area contributed by atoms with Crippen molar-refractivity contribution in [1.29, 1.82) is 0 Å². The lowest BCUT2D eigenvalue weighted by Gasteiger charge is -2.17. The van der Waals surface area contributed by atoms with Crippen molar-refractivity contribution in [1.82, 2.24) is 19.9 Å². The summed E-state index contributed by atoms with van der Waals surface area (Å²) in [6, 6.07) is 13.8. The predicted octanol–water partition coefficient (Wildman–Crippen LogP) is 3.52. The van der Waals surface area contributed by atoms with Gasteiger partial charge in [0.25, 0.3) is 5.91 Å². The number of aryl methyl sites for hydroxylation is 1. The first-order valence-corrected chi connectivity index (χ1v) is 9.81. The first-order chi connectivity index (χ1) is 14.2. The van der Waals surface area contributed by atoms with E-state index in [0.717, 1.165) is 30.7 Å². The summed E-state index contributed by atoms with van der Waals surface area (Å²) >= 11 is 0. The quantitative estimate of drug-likeness (QED) is 0.576. The molecule has 3 aromatic rings. The number of benzene rings is 2. The minimum Gasteiger partial charge on any atom is -0.494 e. The third-order valence-corrected chi connectivity index (χ3v) is 5.19. The number of ether oxygens (including phenoxy) is 1. The molecule has 1 aliphatic rings. The molecule has 0 unspecified atom stereocenters. The zero-order chi connectivity index (χ0) is 20.1. The molecule has 6 nitrogen and oxygen atoms in total. The van der Waals surface area contributed by atoms with Crippen LogP contribution >= 0.6 is 0 Å². The van der Waals surface area contributed by atoms with Gasteiger partial charge in [-0.05, 0) is 48.4 Å². The summed E-state index contributed by atoms with van der Waals surface area (Å²) in [5.41, 5.74) is 1.73. The van der Waals surface area contributed by atoms with Crippen molar-refractivity contribution in [3.05, 3.63) is 77.9 Å². The van der Waals surface area contributed by atoms with Crippen LogP contribution in [0.15, 0.2) is 60.9 Å². The van der Waals surface area contributed by atoms with Gasteiger partial charge in [-0.3, -0.25) is 9.48 Å². The van der Waals surface area contributed by atoms with E-state index in [1.165, 1.54) is 12.1 Å². The molecular weight excluding hydrogens is 371 g/mol. The van der Waals surface area contributed by atoms with E-state index < -0.39 is 0 Å². The molecule has 1 aromatic heterocycles. The molecule has 0 spiro atoms. The number of amides is 1. The standard InChI is InChI=1S/C22H23FN4O2/c23-20-6-2-17(3-7-20)19-10-13-26(16-19)22(28)18-4-8-21(9-5-18)29-15-1-12-27-14-11-24-25-27/h2-9,11,14,19H,1,10,12-13,15-16H2/t19-/m0/s1. The van der Waals surface area contributed by atoms with E-state index in [1.54, 1.807) is 23.0 Å². The fourth-order valence-corrected chi connectivity index (χ4v) is 3.60. The topological polar surface area (TPSA) is 60.3 Å². The Hall–Kier alpha value is -3.22. The average Bonchev–Trinajstić information content (AvgIpc) is 3.44. The van der Waals surface area contributed by atoms with E-state index in [0.29, 0.717) is 25.3 Å².